The van der Waals surface area contributed by atoms with Crippen LogP contribution in [0.2, 0.25) is 0 Å². The van der Waals surface area contributed by atoms with Gasteiger partial charge in [0.2, 0.25) is 5.95 Å². The highest BCUT2D eigenvalue weighted by Gasteiger charge is 2.26. The smallest absolute Gasteiger partial charge is 0.213 e. The number of pyridine rings is 2. The molecule has 0 saturated carbocycles. The molecule has 0 spiro atoms. The van der Waals surface area contributed by atoms with Gasteiger partial charge in [0.1, 0.15) is 5.82 Å². The molecule has 1 aromatic carbocycles. The molecule has 4 heterocycles. The van der Waals surface area contributed by atoms with Crippen LogP contribution in [0, 0.1) is 5.95 Å². The molecule has 0 unspecified atom stereocenters. The van der Waals surface area contributed by atoms with E-state index in [0.29, 0.717) is 34.4 Å². The second-order valence-electron chi connectivity index (χ2n) is 8.57. The first-order valence-electron chi connectivity index (χ1n) is 11.3. The quantitative estimate of drug-likeness (QED) is 0.568. The number of ether oxygens (including phenoxy) is 1. The molecule has 2 atom stereocenters. The minimum absolute atomic E-state index is 0.0490. The topological polar surface area (TPSA) is 90.1 Å². The third-order valence-corrected chi connectivity index (χ3v) is 7.85. The van der Waals surface area contributed by atoms with E-state index >= 15 is 0 Å². The van der Waals surface area contributed by atoms with Gasteiger partial charge in [-0.25, -0.2) is 9.97 Å². The molecule has 2 aliphatic heterocycles. The van der Waals surface area contributed by atoms with Crippen molar-refractivity contribution in [2.75, 3.05) is 37.0 Å². The summed E-state index contributed by atoms with van der Waals surface area (Å²) in [4.78, 5) is 8.01. The van der Waals surface area contributed by atoms with Crippen molar-refractivity contribution in [1.82, 2.24) is 15.3 Å². The Kier molecular flexibility index (Phi) is 6.48. The molecule has 5 rings (SSSR count). The van der Waals surface area contributed by atoms with E-state index in [1.54, 1.807) is 12.3 Å². The van der Waals surface area contributed by atoms with Crippen LogP contribution >= 0.6 is 0 Å². The molecule has 3 aromatic rings. The number of anilines is 1. The Bertz CT molecular complexity index is 1180. The van der Waals surface area contributed by atoms with Crippen LogP contribution in [0.15, 0.2) is 48.8 Å². The maximum absolute atomic E-state index is 13.7. The number of rotatable bonds is 4. The lowest BCUT2D eigenvalue weighted by atomic mass is 9.84. The maximum Gasteiger partial charge on any atom is 0.213 e. The monoisotopic (exact) mass is 466 g/mol. The van der Waals surface area contributed by atoms with Gasteiger partial charge in [0.25, 0.3) is 0 Å². The van der Waals surface area contributed by atoms with Gasteiger partial charge < -0.3 is 15.8 Å². The van der Waals surface area contributed by atoms with Crippen LogP contribution < -0.4 is 11.1 Å². The summed E-state index contributed by atoms with van der Waals surface area (Å²) in [7, 11) is -0.827. The predicted octanol–water partition coefficient (Wildman–Crippen LogP) is 3.82. The lowest BCUT2D eigenvalue weighted by molar-refractivity contribution is 0.0851. The highest BCUT2D eigenvalue weighted by Crippen LogP contribution is 2.37. The fraction of sp³-hybridized carbons (Fsp3) is 0.360. The van der Waals surface area contributed by atoms with E-state index < -0.39 is 16.7 Å². The molecule has 3 N–H and O–H groups in total. The molecular weight excluding hydrogens is 439 g/mol. The first-order valence-corrected chi connectivity index (χ1v) is 12.7. The second kappa shape index (κ2) is 9.67. The molecule has 0 aliphatic carbocycles. The zero-order valence-corrected chi connectivity index (χ0v) is 19.1. The van der Waals surface area contributed by atoms with Crippen LogP contribution in [-0.4, -0.2) is 45.4 Å². The minimum atomic E-state index is -0.827. The van der Waals surface area contributed by atoms with Gasteiger partial charge in [-0.1, -0.05) is 12.1 Å². The van der Waals surface area contributed by atoms with Crippen molar-refractivity contribution in [3.63, 3.8) is 0 Å². The summed E-state index contributed by atoms with van der Waals surface area (Å²) in [6.07, 6.45) is 5.15. The average Bonchev–Trinajstić information content (AvgIpc) is 2.84. The van der Waals surface area contributed by atoms with Crippen molar-refractivity contribution in [3.05, 3.63) is 65.9 Å². The van der Waals surface area contributed by atoms with E-state index in [9.17, 15) is 8.60 Å². The Morgan fingerprint density at radius 1 is 1.03 bits per heavy atom. The summed E-state index contributed by atoms with van der Waals surface area (Å²) in [5.41, 5.74) is 11.8. The van der Waals surface area contributed by atoms with E-state index in [-0.39, 0.29) is 6.04 Å². The molecular formula is C25H27FN4O2S. The highest BCUT2D eigenvalue weighted by atomic mass is 32.2. The van der Waals surface area contributed by atoms with Crippen LogP contribution in [-0.2, 0) is 15.5 Å². The molecule has 2 fully saturated rings. The zero-order chi connectivity index (χ0) is 22.8. The molecule has 8 heteroatoms. The summed E-state index contributed by atoms with van der Waals surface area (Å²) in [5.74, 6) is 1.52. The average molecular weight is 467 g/mol. The van der Waals surface area contributed by atoms with Gasteiger partial charge in [0.05, 0.1) is 0 Å². The summed E-state index contributed by atoms with van der Waals surface area (Å²) in [6.45, 7) is 2.28. The van der Waals surface area contributed by atoms with Crippen LogP contribution in [0.3, 0.4) is 0 Å². The molecule has 2 aliphatic rings. The molecule has 0 bridgehead atoms. The summed E-state index contributed by atoms with van der Waals surface area (Å²) < 4.78 is 31.6. The third-order valence-electron chi connectivity index (χ3n) is 6.49. The van der Waals surface area contributed by atoms with Crippen molar-refractivity contribution >= 4 is 16.6 Å². The van der Waals surface area contributed by atoms with Crippen LogP contribution in [0.4, 0.5) is 10.2 Å². The third kappa shape index (κ3) is 4.83. The molecule has 2 aromatic heterocycles. The second-order valence-corrected chi connectivity index (χ2v) is 10.2. The Balaban J connectivity index is 1.56. The van der Waals surface area contributed by atoms with E-state index in [4.69, 9.17) is 10.5 Å². The first kappa shape index (κ1) is 22.1. The lowest BCUT2D eigenvalue weighted by Gasteiger charge is -2.30. The molecule has 2 saturated heterocycles. The Labute approximate surface area is 195 Å². The van der Waals surface area contributed by atoms with Crippen LogP contribution in [0.5, 0.6) is 0 Å². The van der Waals surface area contributed by atoms with Crippen molar-refractivity contribution in [3.8, 4) is 22.3 Å². The Morgan fingerprint density at radius 2 is 1.88 bits per heavy atom. The lowest BCUT2D eigenvalue weighted by Crippen LogP contribution is -2.37. The van der Waals surface area contributed by atoms with E-state index in [2.05, 4.69) is 33.5 Å². The van der Waals surface area contributed by atoms with Crippen LogP contribution in [0.1, 0.15) is 35.9 Å². The predicted molar refractivity (Wildman–Crippen MR) is 129 cm³/mol. The van der Waals surface area contributed by atoms with Crippen molar-refractivity contribution < 1.29 is 13.3 Å². The van der Waals surface area contributed by atoms with E-state index in [0.717, 1.165) is 43.7 Å². The van der Waals surface area contributed by atoms with Gasteiger partial charge in [0, 0.05) is 77.7 Å². The summed E-state index contributed by atoms with van der Waals surface area (Å²) in [5, 5.41) is 3.57. The number of hydrogen-bond acceptors (Lipinski definition) is 6. The van der Waals surface area contributed by atoms with Crippen molar-refractivity contribution in [2.45, 2.75) is 24.8 Å². The van der Waals surface area contributed by atoms with Crippen molar-refractivity contribution in [1.29, 1.82) is 0 Å². The summed E-state index contributed by atoms with van der Waals surface area (Å²) in [6, 6.07) is 11.6. The first-order chi connectivity index (χ1) is 16.1. The van der Waals surface area contributed by atoms with Gasteiger partial charge >= 0.3 is 0 Å². The fourth-order valence-corrected chi connectivity index (χ4v) is 5.93. The minimum Gasteiger partial charge on any atom is -0.383 e. The number of halogens is 1. The van der Waals surface area contributed by atoms with E-state index in [1.807, 2.05) is 6.07 Å². The Morgan fingerprint density at radius 3 is 2.67 bits per heavy atom. The largest absolute Gasteiger partial charge is 0.383 e. The fourth-order valence-electron chi connectivity index (χ4n) is 4.75. The number of nitrogen functional groups attached to an aromatic ring is 1. The molecule has 33 heavy (non-hydrogen) atoms. The zero-order valence-electron chi connectivity index (χ0n) is 18.3. The van der Waals surface area contributed by atoms with Crippen molar-refractivity contribution in [2.24, 2.45) is 0 Å². The molecule has 0 radical (unpaired) electrons. The highest BCUT2D eigenvalue weighted by molar-refractivity contribution is 7.85. The van der Waals surface area contributed by atoms with Crippen LogP contribution in [0.25, 0.3) is 22.3 Å². The molecule has 0 amide bonds. The number of benzene rings is 1. The van der Waals surface area contributed by atoms with Gasteiger partial charge in [-0.05, 0) is 59.2 Å². The van der Waals surface area contributed by atoms with E-state index in [1.165, 1.54) is 23.4 Å². The maximum atomic E-state index is 13.7. The number of nitrogens with two attached hydrogens (primary N) is 1. The number of aromatic nitrogens is 2. The summed E-state index contributed by atoms with van der Waals surface area (Å²) >= 11 is 0. The normalized spacial score (nSPS) is 21.7. The van der Waals surface area contributed by atoms with Gasteiger partial charge in [-0.15, -0.1) is 0 Å². The SMILES string of the molecule is Nc1ncc(-c2ccc(C3CCOCC3)c([C@@H]3C[S@@](=O)CCN3)c2)cc1-c1ccnc(F)c1. The molecule has 172 valence electrons. The number of nitrogens with zero attached hydrogens (tertiary/aromatic N) is 2. The van der Waals surface area contributed by atoms with Gasteiger partial charge in [-0.2, -0.15) is 4.39 Å². The van der Waals surface area contributed by atoms with Gasteiger partial charge in [-0.3, -0.25) is 4.21 Å². The molecule has 6 nitrogen and oxygen atoms in total. The van der Waals surface area contributed by atoms with Gasteiger partial charge in [0.15, 0.2) is 0 Å². The standard InChI is InChI=1S/C25H27FN4O2S/c26-24-13-18(3-6-29-24)21-12-19(14-30-25(21)27)17-1-2-20(16-4-8-32-9-5-16)22(11-17)23-15-33(31)10-7-28-23/h1-3,6,11-14,16,23,28H,4-5,7-10,15H2,(H2,27,30)/t23-,33-/m0/s1. The number of hydrogen-bond donors (Lipinski definition) is 2. The number of nitrogens with one attached hydrogen (secondary N) is 1. The Hall–Kier alpha value is -2.68.